The fourth-order valence-electron chi connectivity index (χ4n) is 2.95. The van der Waals surface area contributed by atoms with E-state index < -0.39 is 0 Å². The topological polar surface area (TPSA) is 62.8 Å². The Balaban J connectivity index is 1.95. The zero-order chi connectivity index (χ0) is 20.5. The van der Waals surface area contributed by atoms with Gasteiger partial charge in [-0.3, -0.25) is 0 Å². The van der Waals surface area contributed by atoms with Crippen molar-refractivity contribution < 1.29 is 14.3 Å². The van der Waals surface area contributed by atoms with Crippen molar-refractivity contribution in [3.8, 4) is 11.5 Å². The molecule has 1 unspecified atom stereocenters. The van der Waals surface area contributed by atoms with E-state index in [9.17, 15) is 4.79 Å². The molecule has 2 amide bonds. The minimum atomic E-state index is -0.228. The number of ether oxygens (including phenoxy) is 2. The molecule has 0 saturated heterocycles. The van der Waals surface area contributed by atoms with E-state index in [1.807, 2.05) is 37.3 Å². The average Bonchev–Trinajstić information content (AvgIpc) is 2.71. The molecule has 1 atom stereocenters. The Bertz CT molecular complexity index is 779. The summed E-state index contributed by atoms with van der Waals surface area (Å²) >= 11 is 0. The van der Waals surface area contributed by atoms with E-state index in [2.05, 4.69) is 41.6 Å². The predicted molar refractivity (Wildman–Crippen MR) is 112 cm³/mol. The van der Waals surface area contributed by atoms with E-state index in [-0.39, 0.29) is 12.1 Å². The quantitative estimate of drug-likeness (QED) is 0.691. The molecule has 2 N–H and O–H groups in total. The fraction of sp³-hybridized carbons (Fsp3) is 0.409. The standard InChI is InChI=1S/C22H31N3O3/c1-6-25(3)15-18-9-7-8-17(12-18)14-23-22(26)24-16(2)20-13-19(27-4)10-11-21(20)28-5/h7-13,16H,6,14-15H2,1-5H3,(H2,23,24,26). The van der Waals surface area contributed by atoms with Crippen molar-refractivity contribution in [1.29, 1.82) is 0 Å². The number of rotatable bonds is 9. The lowest BCUT2D eigenvalue weighted by molar-refractivity contribution is 0.237. The maximum atomic E-state index is 12.4. The van der Waals surface area contributed by atoms with Gasteiger partial charge < -0.3 is 25.0 Å². The van der Waals surface area contributed by atoms with Crippen LogP contribution in [0.3, 0.4) is 0 Å². The van der Waals surface area contributed by atoms with Gasteiger partial charge in [-0.2, -0.15) is 0 Å². The Kier molecular flexibility index (Phi) is 8.14. The van der Waals surface area contributed by atoms with Crippen molar-refractivity contribution in [3.05, 3.63) is 59.2 Å². The summed E-state index contributed by atoms with van der Waals surface area (Å²) in [6, 6.07) is 13.4. The number of urea groups is 1. The number of hydrogen-bond acceptors (Lipinski definition) is 4. The summed E-state index contributed by atoms with van der Waals surface area (Å²) in [6.07, 6.45) is 0. The van der Waals surface area contributed by atoms with Gasteiger partial charge in [-0.25, -0.2) is 4.79 Å². The number of carbonyl (C=O) groups is 1. The highest BCUT2D eigenvalue weighted by molar-refractivity contribution is 5.74. The molecule has 0 spiro atoms. The third-order valence-corrected chi connectivity index (χ3v) is 4.69. The van der Waals surface area contributed by atoms with Crippen molar-refractivity contribution in [2.45, 2.75) is 33.0 Å². The zero-order valence-corrected chi connectivity index (χ0v) is 17.4. The van der Waals surface area contributed by atoms with Crippen LogP contribution in [0.1, 0.15) is 36.6 Å². The Morgan fingerprint density at radius 1 is 1.11 bits per heavy atom. The van der Waals surface area contributed by atoms with Gasteiger partial charge in [-0.05, 0) is 49.8 Å². The second kappa shape index (κ2) is 10.6. The number of carbonyl (C=O) groups excluding carboxylic acids is 1. The third kappa shape index (κ3) is 6.16. The first-order valence-corrected chi connectivity index (χ1v) is 9.49. The summed E-state index contributed by atoms with van der Waals surface area (Å²) in [5, 5.41) is 5.88. The second-order valence-electron chi connectivity index (χ2n) is 6.81. The monoisotopic (exact) mass is 385 g/mol. The highest BCUT2D eigenvalue weighted by Gasteiger charge is 2.15. The van der Waals surface area contributed by atoms with Gasteiger partial charge in [0.2, 0.25) is 0 Å². The van der Waals surface area contributed by atoms with Gasteiger partial charge in [0.1, 0.15) is 11.5 Å². The number of amides is 2. The summed E-state index contributed by atoms with van der Waals surface area (Å²) in [5.41, 5.74) is 3.17. The first-order chi connectivity index (χ1) is 13.5. The lowest BCUT2D eigenvalue weighted by atomic mass is 10.1. The third-order valence-electron chi connectivity index (χ3n) is 4.69. The Morgan fingerprint density at radius 2 is 1.86 bits per heavy atom. The molecule has 0 radical (unpaired) electrons. The van der Waals surface area contributed by atoms with Crippen LogP contribution in [0.15, 0.2) is 42.5 Å². The molecular formula is C22H31N3O3. The van der Waals surface area contributed by atoms with E-state index in [1.165, 1.54) is 5.56 Å². The van der Waals surface area contributed by atoms with Crippen LogP contribution in [0.5, 0.6) is 11.5 Å². The van der Waals surface area contributed by atoms with E-state index in [4.69, 9.17) is 9.47 Å². The molecule has 0 aromatic heterocycles. The van der Waals surface area contributed by atoms with Crippen LogP contribution in [-0.4, -0.2) is 38.7 Å². The molecule has 0 heterocycles. The van der Waals surface area contributed by atoms with Crippen molar-refractivity contribution in [3.63, 3.8) is 0 Å². The average molecular weight is 386 g/mol. The maximum absolute atomic E-state index is 12.4. The van der Waals surface area contributed by atoms with Gasteiger partial charge in [0, 0.05) is 18.7 Å². The lowest BCUT2D eigenvalue weighted by Gasteiger charge is -2.19. The fourth-order valence-corrected chi connectivity index (χ4v) is 2.95. The summed E-state index contributed by atoms with van der Waals surface area (Å²) in [5.74, 6) is 1.43. The van der Waals surface area contributed by atoms with Crippen LogP contribution in [0, 0.1) is 0 Å². The highest BCUT2D eigenvalue weighted by Crippen LogP contribution is 2.29. The smallest absolute Gasteiger partial charge is 0.315 e. The first-order valence-electron chi connectivity index (χ1n) is 9.49. The van der Waals surface area contributed by atoms with Crippen LogP contribution in [0.4, 0.5) is 4.79 Å². The predicted octanol–water partition coefficient (Wildman–Crippen LogP) is 3.72. The molecule has 2 aromatic carbocycles. The van der Waals surface area contributed by atoms with Gasteiger partial charge in [-0.1, -0.05) is 31.2 Å². The Hall–Kier alpha value is -2.73. The largest absolute Gasteiger partial charge is 0.497 e. The number of methoxy groups -OCH3 is 2. The number of hydrogen-bond donors (Lipinski definition) is 2. The minimum Gasteiger partial charge on any atom is -0.497 e. The molecule has 0 aliphatic heterocycles. The van der Waals surface area contributed by atoms with Gasteiger partial charge in [0.05, 0.1) is 20.3 Å². The van der Waals surface area contributed by atoms with E-state index in [0.29, 0.717) is 12.3 Å². The van der Waals surface area contributed by atoms with Crippen LogP contribution in [0.2, 0.25) is 0 Å². The summed E-state index contributed by atoms with van der Waals surface area (Å²) in [7, 11) is 5.32. The van der Waals surface area contributed by atoms with Crippen molar-refractivity contribution in [1.82, 2.24) is 15.5 Å². The molecule has 0 fully saturated rings. The van der Waals surface area contributed by atoms with Crippen molar-refractivity contribution in [2.24, 2.45) is 0 Å². The van der Waals surface area contributed by atoms with Crippen molar-refractivity contribution >= 4 is 6.03 Å². The Morgan fingerprint density at radius 3 is 2.54 bits per heavy atom. The van der Waals surface area contributed by atoms with Gasteiger partial charge in [0.15, 0.2) is 0 Å². The summed E-state index contributed by atoms with van der Waals surface area (Å²) in [6.45, 7) is 6.41. The molecule has 2 aromatic rings. The number of nitrogens with zero attached hydrogens (tertiary/aromatic N) is 1. The van der Waals surface area contributed by atoms with E-state index in [0.717, 1.165) is 30.0 Å². The summed E-state index contributed by atoms with van der Waals surface area (Å²) in [4.78, 5) is 14.6. The van der Waals surface area contributed by atoms with Gasteiger partial charge >= 0.3 is 6.03 Å². The van der Waals surface area contributed by atoms with Gasteiger partial charge in [-0.15, -0.1) is 0 Å². The van der Waals surface area contributed by atoms with Crippen molar-refractivity contribution in [2.75, 3.05) is 27.8 Å². The molecule has 6 heteroatoms. The maximum Gasteiger partial charge on any atom is 0.315 e. The van der Waals surface area contributed by atoms with Crippen LogP contribution in [0.25, 0.3) is 0 Å². The van der Waals surface area contributed by atoms with Crippen LogP contribution < -0.4 is 20.1 Å². The Labute approximate surface area is 167 Å². The van der Waals surface area contributed by atoms with E-state index >= 15 is 0 Å². The number of nitrogens with one attached hydrogen (secondary N) is 2. The van der Waals surface area contributed by atoms with Crippen LogP contribution >= 0.6 is 0 Å². The lowest BCUT2D eigenvalue weighted by Crippen LogP contribution is -2.36. The number of benzene rings is 2. The molecule has 6 nitrogen and oxygen atoms in total. The SMILES string of the molecule is CCN(C)Cc1cccc(CNC(=O)NC(C)c2cc(OC)ccc2OC)c1. The molecule has 0 aliphatic rings. The molecular weight excluding hydrogens is 354 g/mol. The van der Waals surface area contributed by atoms with Gasteiger partial charge in [0.25, 0.3) is 0 Å². The first kappa shape index (κ1) is 21.6. The zero-order valence-electron chi connectivity index (χ0n) is 17.4. The molecule has 0 bridgehead atoms. The molecule has 2 rings (SSSR count). The normalized spacial score (nSPS) is 11.8. The highest BCUT2D eigenvalue weighted by atomic mass is 16.5. The molecule has 152 valence electrons. The molecule has 0 aliphatic carbocycles. The van der Waals surface area contributed by atoms with E-state index in [1.54, 1.807) is 14.2 Å². The molecule has 0 saturated carbocycles. The minimum absolute atomic E-state index is 0.227. The second-order valence-corrected chi connectivity index (χ2v) is 6.81. The summed E-state index contributed by atoms with van der Waals surface area (Å²) < 4.78 is 10.7. The molecule has 28 heavy (non-hydrogen) atoms. The van der Waals surface area contributed by atoms with Crippen LogP contribution in [-0.2, 0) is 13.1 Å².